The Balaban J connectivity index is 0.00000512. The molecule has 7 nitrogen and oxygen atoms in total. The van der Waals surface area contributed by atoms with Gasteiger partial charge in [0, 0.05) is 32.8 Å². The van der Waals surface area contributed by atoms with Crippen molar-refractivity contribution in [1.82, 2.24) is 15.4 Å². The van der Waals surface area contributed by atoms with Crippen molar-refractivity contribution in [3.05, 3.63) is 71.8 Å². The van der Waals surface area contributed by atoms with Crippen LogP contribution in [0, 0.1) is 0 Å². The van der Waals surface area contributed by atoms with Crippen molar-refractivity contribution in [3.8, 4) is 0 Å². The van der Waals surface area contributed by atoms with Crippen LogP contribution in [0.3, 0.4) is 0 Å². The minimum Gasteiger partial charge on any atom is -0.374 e. The average molecular weight is 575 g/mol. The lowest BCUT2D eigenvalue weighted by molar-refractivity contribution is 0.0652. The van der Waals surface area contributed by atoms with E-state index in [1.165, 1.54) is 0 Å². The minimum atomic E-state index is -3.37. The molecule has 2 aromatic carbocycles. The normalized spacial score (nSPS) is 12.6. The van der Waals surface area contributed by atoms with Crippen LogP contribution >= 0.6 is 24.0 Å². The van der Waals surface area contributed by atoms with Gasteiger partial charge in [-0.25, -0.2) is 13.1 Å². The quantitative estimate of drug-likeness (QED) is 0.148. The highest BCUT2D eigenvalue weighted by Gasteiger charge is 2.10. The lowest BCUT2D eigenvalue weighted by Gasteiger charge is -2.14. The summed E-state index contributed by atoms with van der Waals surface area (Å²) >= 11 is 0. The molecule has 0 aliphatic rings. The second-order valence-electron chi connectivity index (χ2n) is 7.09. The number of nitrogens with zero attached hydrogens (tertiary/aromatic N) is 1. The van der Waals surface area contributed by atoms with E-state index in [0.29, 0.717) is 32.2 Å². The summed E-state index contributed by atoms with van der Waals surface area (Å²) in [6, 6.07) is 19.6. The highest BCUT2D eigenvalue weighted by Crippen LogP contribution is 2.15. The molecule has 1 unspecified atom stereocenters. The van der Waals surface area contributed by atoms with Gasteiger partial charge in [-0.3, -0.25) is 4.99 Å². The van der Waals surface area contributed by atoms with Crippen LogP contribution in [-0.4, -0.2) is 46.4 Å². The SMILES string of the molecule is CCNC(=NCCCOC(C)c1ccccc1)NCCS(=O)(=O)NCc1ccccc1.I. The van der Waals surface area contributed by atoms with Gasteiger partial charge in [-0.2, -0.15) is 0 Å². The Morgan fingerprint density at radius 1 is 1.03 bits per heavy atom. The molecule has 0 aromatic heterocycles. The fraction of sp³-hybridized carbons (Fsp3) is 0.435. The minimum absolute atomic E-state index is 0. The van der Waals surface area contributed by atoms with E-state index in [2.05, 4.69) is 32.5 Å². The second-order valence-corrected chi connectivity index (χ2v) is 9.02. The molecule has 0 aliphatic heterocycles. The molecule has 0 heterocycles. The van der Waals surface area contributed by atoms with Gasteiger partial charge in [-0.1, -0.05) is 60.7 Å². The summed E-state index contributed by atoms with van der Waals surface area (Å²) in [4.78, 5) is 4.50. The van der Waals surface area contributed by atoms with Gasteiger partial charge >= 0.3 is 0 Å². The van der Waals surface area contributed by atoms with Crippen LogP contribution in [0.4, 0.5) is 0 Å². The third kappa shape index (κ3) is 11.8. The molecule has 0 spiro atoms. The molecule has 0 aliphatic carbocycles. The predicted octanol–water partition coefficient (Wildman–Crippen LogP) is 3.45. The van der Waals surface area contributed by atoms with Crippen LogP contribution < -0.4 is 15.4 Å². The molecule has 9 heteroatoms. The summed E-state index contributed by atoms with van der Waals surface area (Å²) in [6.45, 7) is 6.48. The number of rotatable bonds is 13. The predicted molar refractivity (Wildman–Crippen MR) is 142 cm³/mol. The molecular formula is C23H35IN4O3S. The Bertz CT molecular complexity index is 881. The molecule has 1 atom stereocenters. The van der Waals surface area contributed by atoms with Crippen molar-refractivity contribution in [2.75, 3.05) is 32.0 Å². The van der Waals surface area contributed by atoms with Crippen LogP contribution in [0.1, 0.15) is 37.5 Å². The zero-order chi connectivity index (χ0) is 22.4. The number of benzene rings is 2. The third-order valence-electron chi connectivity index (χ3n) is 4.56. The Morgan fingerprint density at radius 2 is 1.69 bits per heavy atom. The van der Waals surface area contributed by atoms with Gasteiger partial charge in [0.15, 0.2) is 5.96 Å². The van der Waals surface area contributed by atoms with E-state index in [9.17, 15) is 8.42 Å². The maximum atomic E-state index is 12.2. The number of guanidine groups is 1. The van der Waals surface area contributed by atoms with Gasteiger partial charge in [0.25, 0.3) is 0 Å². The maximum Gasteiger partial charge on any atom is 0.213 e. The first kappa shape index (κ1) is 28.3. The summed E-state index contributed by atoms with van der Waals surface area (Å²) in [5, 5.41) is 6.21. The summed E-state index contributed by atoms with van der Waals surface area (Å²) in [6.07, 6.45) is 0.829. The van der Waals surface area contributed by atoms with Gasteiger partial charge in [-0.15, -0.1) is 24.0 Å². The van der Waals surface area contributed by atoms with Crippen molar-refractivity contribution >= 4 is 40.0 Å². The van der Waals surface area contributed by atoms with E-state index >= 15 is 0 Å². The topological polar surface area (TPSA) is 91.8 Å². The highest BCUT2D eigenvalue weighted by molar-refractivity contribution is 14.0. The van der Waals surface area contributed by atoms with E-state index in [4.69, 9.17) is 4.74 Å². The molecule has 0 bridgehead atoms. The highest BCUT2D eigenvalue weighted by atomic mass is 127. The van der Waals surface area contributed by atoms with Gasteiger partial charge < -0.3 is 15.4 Å². The smallest absolute Gasteiger partial charge is 0.213 e. The van der Waals surface area contributed by atoms with Crippen LogP contribution in [0.2, 0.25) is 0 Å². The van der Waals surface area contributed by atoms with Crippen LogP contribution in [0.25, 0.3) is 0 Å². The number of sulfonamides is 1. The maximum absolute atomic E-state index is 12.2. The van der Waals surface area contributed by atoms with E-state index in [-0.39, 0.29) is 42.4 Å². The number of aliphatic imine (C=N–C) groups is 1. The largest absolute Gasteiger partial charge is 0.374 e. The molecule has 0 radical (unpaired) electrons. The summed E-state index contributed by atoms with van der Waals surface area (Å²) in [7, 11) is -3.37. The monoisotopic (exact) mass is 574 g/mol. The van der Waals surface area contributed by atoms with Gasteiger partial charge in [0.1, 0.15) is 0 Å². The number of hydrogen-bond donors (Lipinski definition) is 3. The van der Waals surface area contributed by atoms with E-state index < -0.39 is 10.0 Å². The third-order valence-corrected chi connectivity index (χ3v) is 5.88. The first-order valence-electron chi connectivity index (χ1n) is 10.7. The summed E-state index contributed by atoms with van der Waals surface area (Å²) < 4.78 is 32.9. The van der Waals surface area contributed by atoms with Gasteiger partial charge in [0.05, 0.1) is 11.9 Å². The molecule has 0 saturated heterocycles. The van der Waals surface area contributed by atoms with Gasteiger partial charge in [-0.05, 0) is 31.4 Å². The standard InChI is InChI=1S/C23H34N4O3S.HI/c1-3-24-23(25-15-10-17-30-20(2)22-13-8-5-9-14-22)26-16-18-31(28,29)27-19-21-11-6-4-7-12-21;/h4-9,11-14,20,27H,3,10,15-19H2,1-2H3,(H2,24,25,26);1H. The van der Waals surface area contributed by atoms with Crippen molar-refractivity contribution < 1.29 is 13.2 Å². The Labute approximate surface area is 209 Å². The number of hydrogen-bond acceptors (Lipinski definition) is 4. The van der Waals surface area contributed by atoms with Crippen LogP contribution in [-0.2, 0) is 21.3 Å². The lowest BCUT2D eigenvalue weighted by Crippen LogP contribution is -2.41. The Hall–Kier alpha value is -1.69. The Kier molecular flexibility index (Phi) is 14.2. The summed E-state index contributed by atoms with van der Waals surface area (Å²) in [5.41, 5.74) is 2.08. The van der Waals surface area contributed by atoms with E-state index in [0.717, 1.165) is 17.5 Å². The molecule has 3 N–H and O–H groups in total. The van der Waals surface area contributed by atoms with Crippen molar-refractivity contribution in [2.24, 2.45) is 4.99 Å². The Morgan fingerprint density at radius 3 is 2.34 bits per heavy atom. The molecule has 0 amide bonds. The number of ether oxygens (including phenoxy) is 1. The molecular weight excluding hydrogens is 539 g/mol. The van der Waals surface area contributed by atoms with E-state index in [1.807, 2.05) is 62.4 Å². The van der Waals surface area contributed by atoms with Crippen molar-refractivity contribution in [3.63, 3.8) is 0 Å². The molecule has 2 aromatic rings. The first-order valence-corrected chi connectivity index (χ1v) is 12.4. The molecule has 0 saturated carbocycles. The van der Waals surface area contributed by atoms with Gasteiger partial charge in [0.2, 0.25) is 10.0 Å². The molecule has 178 valence electrons. The van der Waals surface area contributed by atoms with Crippen LogP contribution in [0.15, 0.2) is 65.7 Å². The molecule has 2 rings (SSSR count). The zero-order valence-corrected chi connectivity index (χ0v) is 21.9. The molecule has 0 fully saturated rings. The van der Waals surface area contributed by atoms with Crippen LogP contribution in [0.5, 0.6) is 0 Å². The zero-order valence-electron chi connectivity index (χ0n) is 18.8. The average Bonchev–Trinajstić information content (AvgIpc) is 2.78. The fourth-order valence-corrected chi connectivity index (χ4v) is 3.74. The van der Waals surface area contributed by atoms with Crippen molar-refractivity contribution in [1.29, 1.82) is 0 Å². The van der Waals surface area contributed by atoms with Crippen molar-refractivity contribution in [2.45, 2.75) is 32.9 Å². The second kappa shape index (κ2) is 16.0. The van der Waals surface area contributed by atoms with E-state index in [1.54, 1.807) is 0 Å². The number of nitrogens with one attached hydrogen (secondary N) is 3. The summed E-state index contributed by atoms with van der Waals surface area (Å²) in [5.74, 6) is 0.582. The lowest BCUT2D eigenvalue weighted by atomic mass is 10.1. The molecule has 32 heavy (non-hydrogen) atoms. The number of halogens is 1. The fourth-order valence-electron chi connectivity index (χ4n) is 2.84. The first-order chi connectivity index (χ1) is 15.0.